The van der Waals surface area contributed by atoms with Crippen LogP contribution in [-0.2, 0) is 11.2 Å². The Morgan fingerprint density at radius 2 is 1.95 bits per heavy atom. The van der Waals surface area contributed by atoms with Crippen molar-refractivity contribution in [3.8, 4) is 0 Å². The summed E-state index contributed by atoms with van der Waals surface area (Å²) in [6.45, 7) is 6.20. The standard InChI is InChI=1S/C17H22N2OS/c1-4-14-7-9-15(10-8-14)19-17(20)13(3)18-12(2)16-6-5-11-21-16/h5-13,18H,4H2,1-3H3,(H,19,20)/p+1/t12-,13-/m0/s1. The average Bonchev–Trinajstić information content (AvgIpc) is 3.02. The Morgan fingerprint density at radius 1 is 1.24 bits per heavy atom. The monoisotopic (exact) mass is 303 g/mol. The molecule has 1 amide bonds. The number of carbonyl (C=O) groups is 1. The average molecular weight is 303 g/mol. The molecule has 0 saturated heterocycles. The van der Waals surface area contributed by atoms with Crippen LogP contribution in [0.25, 0.3) is 0 Å². The minimum absolute atomic E-state index is 0.0441. The molecule has 0 aliphatic carbocycles. The molecular formula is C17H23N2OS+. The third kappa shape index (κ3) is 4.41. The van der Waals surface area contributed by atoms with Gasteiger partial charge in [-0.05, 0) is 49.4 Å². The molecule has 0 bridgehead atoms. The molecule has 3 nitrogen and oxygen atoms in total. The van der Waals surface area contributed by atoms with Gasteiger partial charge in [0.2, 0.25) is 0 Å². The number of hydrogen-bond acceptors (Lipinski definition) is 2. The van der Waals surface area contributed by atoms with Crippen LogP contribution in [0, 0.1) is 0 Å². The van der Waals surface area contributed by atoms with Crippen LogP contribution in [0.3, 0.4) is 0 Å². The number of amides is 1. The Labute approximate surface area is 130 Å². The first-order chi connectivity index (χ1) is 10.1. The van der Waals surface area contributed by atoms with Crippen LogP contribution in [0.2, 0.25) is 0 Å². The molecule has 21 heavy (non-hydrogen) atoms. The van der Waals surface area contributed by atoms with Crippen molar-refractivity contribution in [3.05, 3.63) is 52.2 Å². The normalized spacial score (nSPS) is 13.7. The van der Waals surface area contributed by atoms with E-state index in [0.29, 0.717) is 6.04 Å². The third-order valence-corrected chi connectivity index (χ3v) is 4.69. The van der Waals surface area contributed by atoms with Gasteiger partial charge in [-0.3, -0.25) is 4.79 Å². The fraction of sp³-hybridized carbons (Fsp3) is 0.353. The highest BCUT2D eigenvalue weighted by Gasteiger charge is 2.20. The van der Waals surface area contributed by atoms with Gasteiger partial charge < -0.3 is 10.6 Å². The Kier molecular flexibility index (Phi) is 5.53. The number of thiophene rings is 1. The highest BCUT2D eigenvalue weighted by Crippen LogP contribution is 2.15. The van der Waals surface area contributed by atoms with E-state index in [-0.39, 0.29) is 11.9 Å². The van der Waals surface area contributed by atoms with E-state index >= 15 is 0 Å². The predicted octanol–water partition coefficient (Wildman–Crippen LogP) is 2.96. The molecule has 112 valence electrons. The Morgan fingerprint density at radius 3 is 2.52 bits per heavy atom. The predicted molar refractivity (Wildman–Crippen MR) is 88.6 cm³/mol. The van der Waals surface area contributed by atoms with Crippen molar-refractivity contribution in [2.75, 3.05) is 5.32 Å². The van der Waals surface area contributed by atoms with Crippen LogP contribution in [0.4, 0.5) is 5.69 Å². The second kappa shape index (κ2) is 7.38. The summed E-state index contributed by atoms with van der Waals surface area (Å²) in [6, 6.07) is 12.4. The first-order valence-corrected chi connectivity index (χ1v) is 8.26. The number of aryl methyl sites for hydroxylation is 1. The number of benzene rings is 1. The van der Waals surface area contributed by atoms with Crippen LogP contribution < -0.4 is 10.6 Å². The van der Waals surface area contributed by atoms with Crippen molar-refractivity contribution in [2.45, 2.75) is 39.3 Å². The molecule has 2 atom stereocenters. The molecule has 3 N–H and O–H groups in total. The first-order valence-electron chi connectivity index (χ1n) is 7.38. The molecule has 0 radical (unpaired) electrons. The summed E-state index contributed by atoms with van der Waals surface area (Å²) in [5.74, 6) is 0.0441. The maximum absolute atomic E-state index is 12.2. The van der Waals surface area contributed by atoms with Gasteiger partial charge in [0.25, 0.3) is 5.91 Å². The van der Waals surface area contributed by atoms with Gasteiger partial charge in [-0.15, -0.1) is 11.3 Å². The first kappa shape index (κ1) is 15.7. The summed E-state index contributed by atoms with van der Waals surface area (Å²) in [5, 5.41) is 7.14. The lowest BCUT2D eigenvalue weighted by Gasteiger charge is -2.15. The summed E-state index contributed by atoms with van der Waals surface area (Å²) < 4.78 is 0. The largest absolute Gasteiger partial charge is 0.330 e. The number of carbonyl (C=O) groups excluding carboxylic acids is 1. The van der Waals surface area contributed by atoms with E-state index < -0.39 is 0 Å². The van der Waals surface area contributed by atoms with E-state index in [1.165, 1.54) is 10.4 Å². The SMILES string of the molecule is CCc1ccc(NC(=O)[C@H](C)[NH2+][C@@H](C)c2cccs2)cc1. The van der Waals surface area contributed by atoms with Crippen molar-refractivity contribution < 1.29 is 10.1 Å². The summed E-state index contributed by atoms with van der Waals surface area (Å²) in [7, 11) is 0. The molecule has 0 aliphatic heterocycles. The maximum Gasteiger partial charge on any atom is 0.282 e. The quantitative estimate of drug-likeness (QED) is 0.847. The van der Waals surface area contributed by atoms with Crippen LogP contribution >= 0.6 is 11.3 Å². The lowest BCUT2D eigenvalue weighted by atomic mass is 10.1. The number of nitrogens with two attached hydrogens (primary N) is 1. The molecule has 0 saturated carbocycles. The van der Waals surface area contributed by atoms with E-state index in [2.05, 4.69) is 48.1 Å². The minimum Gasteiger partial charge on any atom is -0.330 e. The topological polar surface area (TPSA) is 45.7 Å². The van der Waals surface area contributed by atoms with E-state index in [9.17, 15) is 4.79 Å². The van der Waals surface area contributed by atoms with Gasteiger partial charge in [-0.2, -0.15) is 0 Å². The van der Waals surface area contributed by atoms with Gasteiger partial charge in [0.1, 0.15) is 6.04 Å². The van der Waals surface area contributed by atoms with Gasteiger partial charge >= 0.3 is 0 Å². The molecule has 1 heterocycles. The fourth-order valence-corrected chi connectivity index (χ4v) is 3.01. The van der Waals surface area contributed by atoms with Crippen molar-refractivity contribution in [2.24, 2.45) is 0 Å². The van der Waals surface area contributed by atoms with Gasteiger partial charge in [0, 0.05) is 5.69 Å². The Bertz CT molecular complexity index is 563. The second-order valence-corrected chi connectivity index (χ2v) is 6.30. The number of hydrogen-bond donors (Lipinski definition) is 2. The molecule has 0 unspecified atom stereocenters. The van der Waals surface area contributed by atoms with Gasteiger partial charge in [0.05, 0.1) is 4.88 Å². The van der Waals surface area contributed by atoms with Crippen LogP contribution in [-0.4, -0.2) is 11.9 Å². The summed E-state index contributed by atoms with van der Waals surface area (Å²) in [5.41, 5.74) is 2.14. The number of quaternary nitrogens is 1. The van der Waals surface area contributed by atoms with E-state index in [0.717, 1.165) is 12.1 Å². The molecule has 0 aliphatic rings. The zero-order valence-electron chi connectivity index (χ0n) is 12.8. The highest BCUT2D eigenvalue weighted by atomic mass is 32.1. The van der Waals surface area contributed by atoms with Crippen molar-refractivity contribution in [3.63, 3.8) is 0 Å². The van der Waals surface area contributed by atoms with E-state index in [1.807, 2.05) is 25.1 Å². The van der Waals surface area contributed by atoms with E-state index in [1.54, 1.807) is 11.3 Å². The summed E-state index contributed by atoms with van der Waals surface area (Å²) in [4.78, 5) is 13.5. The maximum atomic E-state index is 12.2. The van der Waals surface area contributed by atoms with Crippen molar-refractivity contribution in [1.82, 2.24) is 0 Å². The van der Waals surface area contributed by atoms with Crippen LogP contribution in [0.5, 0.6) is 0 Å². The highest BCUT2D eigenvalue weighted by molar-refractivity contribution is 7.10. The summed E-state index contributed by atoms with van der Waals surface area (Å²) in [6.07, 6.45) is 1.01. The van der Waals surface area contributed by atoms with E-state index in [4.69, 9.17) is 0 Å². The Hall–Kier alpha value is -1.65. The molecule has 0 spiro atoms. The molecule has 2 rings (SSSR count). The molecular weight excluding hydrogens is 280 g/mol. The smallest absolute Gasteiger partial charge is 0.282 e. The van der Waals surface area contributed by atoms with Gasteiger partial charge in [-0.25, -0.2) is 0 Å². The number of nitrogens with one attached hydrogen (secondary N) is 1. The molecule has 1 aromatic carbocycles. The molecule has 2 aromatic rings. The lowest BCUT2D eigenvalue weighted by Crippen LogP contribution is -2.91. The zero-order chi connectivity index (χ0) is 15.2. The van der Waals surface area contributed by atoms with Gasteiger partial charge in [0.15, 0.2) is 6.04 Å². The zero-order valence-corrected chi connectivity index (χ0v) is 13.6. The van der Waals surface area contributed by atoms with Crippen LogP contribution in [0.15, 0.2) is 41.8 Å². The summed E-state index contributed by atoms with van der Waals surface area (Å²) >= 11 is 1.73. The number of rotatable bonds is 6. The lowest BCUT2D eigenvalue weighted by molar-refractivity contribution is -0.709. The molecule has 0 fully saturated rings. The second-order valence-electron chi connectivity index (χ2n) is 5.32. The molecule has 1 aromatic heterocycles. The van der Waals surface area contributed by atoms with Crippen molar-refractivity contribution in [1.29, 1.82) is 0 Å². The Balaban J connectivity index is 1.89. The molecule has 4 heteroatoms. The van der Waals surface area contributed by atoms with Crippen LogP contribution in [0.1, 0.15) is 37.3 Å². The van der Waals surface area contributed by atoms with Crippen molar-refractivity contribution >= 4 is 22.9 Å². The third-order valence-electron chi connectivity index (χ3n) is 3.61. The minimum atomic E-state index is -0.118. The fourth-order valence-electron chi connectivity index (χ4n) is 2.25. The number of anilines is 1. The van der Waals surface area contributed by atoms with Gasteiger partial charge in [-0.1, -0.05) is 25.1 Å².